The van der Waals surface area contributed by atoms with Crippen LogP contribution < -0.4 is 0 Å². The molecule has 33 heavy (non-hydrogen) atoms. The van der Waals surface area contributed by atoms with E-state index >= 15 is 0 Å². The fraction of sp³-hybridized carbons (Fsp3) is 0.871. The lowest BCUT2D eigenvalue weighted by Crippen LogP contribution is -2.51. The number of fused-ring (bicyclic) bond motifs is 5. The van der Waals surface area contributed by atoms with Gasteiger partial charge in [-0.3, -0.25) is 0 Å². The second-order valence-corrected chi connectivity index (χ2v) is 18.5. The standard InChI is InChI=1S/C31H54OSi/c1-9-33(7,8)32-25-17-19-30(5)24(21-25)13-14-26-28-16-15-27(23(4)12-10-11-22(2)3)31(28,6)20-18-29(26)30/h10,12-13,22-23,25-29H,9,11,14-21H2,1-8H3/b12-10+/t23-,25+,26+,27-,28+,29+,30+,31-/m1/s1. The Labute approximate surface area is 207 Å². The van der Waals surface area contributed by atoms with Crippen LogP contribution in [0.3, 0.4) is 0 Å². The Morgan fingerprint density at radius 3 is 2.52 bits per heavy atom. The SMILES string of the molecule is CC[Si](C)(C)O[C@H]1CC[C@@]2(C)C(=CC[C@H]3[C@@H]4CC[C@H]([C@H](C)/C=C/CC(C)C)[C@@]4(C)CC[C@@H]32)C1. The smallest absolute Gasteiger partial charge is 0.186 e. The molecule has 0 aromatic carbocycles. The minimum Gasteiger partial charge on any atom is -0.414 e. The summed E-state index contributed by atoms with van der Waals surface area (Å²) < 4.78 is 6.72. The summed E-state index contributed by atoms with van der Waals surface area (Å²) >= 11 is 0. The van der Waals surface area contributed by atoms with Gasteiger partial charge in [0.2, 0.25) is 0 Å². The highest BCUT2D eigenvalue weighted by molar-refractivity contribution is 6.71. The third kappa shape index (κ3) is 4.86. The molecule has 0 aromatic rings. The maximum atomic E-state index is 6.72. The van der Waals surface area contributed by atoms with Gasteiger partial charge in [-0.05, 0) is 123 Å². The van der Waals surface area contributed by atoms with E-state index in [1.54, 1.807) is 5.57 Å². The van der Waals surface area contributed by atoms with Gasteiger partial charge >= 0.3 is 0 Å². The Kier molecular flexibility index (Phi) is 7.49. The highest BCUT2D eigenvalue weighted by Gasteiger charge is 2.59. The van der Waals surface area contributed by atoms with E-state index in [0.29, 0.717) is 16.9 Å². The van der Waals surface area contributed by atoms with Crippen LogP contribution in [0.2, 0.25) is 19.1 Å². The molecule has 188 valence electrons. The van der Waals surface area contributed by atoms with Crippen molar-refractivity contribution in [1.82, 2.24) is 0 Å². The average molecular weight is 471 g/mol. The van der Waals surface area contributed by atoms with Crippen LogP contribution in [0.1, 0.15) is 99.3 Å². The predicted octanol–water partition coefficient (Wildman–Crippen LogP) is 9.41. The van der Waals surface area contributed by atoms with Crippen LogP contribution in [-0.2, 0) is 4.43 Å². The normalized spacial score (nSPS) is 42.1. The van der Waals surface area contributed by atoms with Crippen LogP contribution in [0, 0.1) is 46.3 Å². The Morgan fingerprint density at radius 2 is 1.82 bits per heavy atom. The van der Waals surface area contributed by atoms with Crippen molar-refractivity contribution in [3.8, 4) is 0 Å². The molecule has 0 radical (unpaired) electrons. The number of hydrogen-bond donors (Lipinski definition) is 0. The van der Waals surface area contributed by atoms with Crippen molar-refractivity contribution in [2.45, 2.75) is 125 Å². The quantitative estimate of drug-likeness (QED) is 0.266. The highest BCUT2D eigenvalue weighted by atomic mass is 28.4. The summed E-state index contributed by atoms with van der Waals surface area (Å²) in [5, 5.41) is 0. The lowest BCUT2D eigenvalue weighted by molar-refractivity contribution is -0.0530. The van der Waals surface area contributed by atoms with Gasteiger partial charge in [0.25, 0.3) is 0 Å². The summed E-state index contributed by atoms with van der Waals surface area (Å²) in [6, 6.07) is 1.23. The molecule has 4 aliphatic rings. The first-order valence-electron chi connectivity index (χ1n) is 14.5. The molecule has 8 atom stereocenters. The maximum Gasteiger partial charge on any atom is 0.186 e. The Morgan fingerprint density at radius 1 is 1.06 bits per heavy atom. The van der Waals surface area contributed by atoms with E-state index < -0.39 is 8.32 Å². The van der Waals surface area contributed by atoms with E-state index in [9.17, 15) is 0 Å². The second kappa shape index (κ2) is 9.60. The van der Waals surface area contributed by atoms with Gasteiger partial charge in [0.05, 0.1) is 0 Å². The van der Waals surface area contributed by atoms with Crippen LogP contribution >= 0.6 is 0 Å². The molecule has 0 spiro atoms. The largest absolute Gasteiger partial charge is 0.414 e. The minimum absolute atomic E-state index is 0.447. The summed E-state index contributed by atoms with van der Waals surface area (Å²) in [5.41, 5.74) is 2.79. The molecular weight excluding hydrogens is 416 g/mol. The van der Waals surface area contributed by atoms with Crippen molar-refractivity contribution < 1.29 is 4.43 Å². The monoisotopic (exact) mass is 470 g/mol. The van der Waals surface area contributed by atoms with Gasteiger partial charge in [-0.15, -0.1) is 0 Å². The molecule has 2 heteroatoms. The molecule has 3 fully saturated rings. The molecule has 3 saturated carbocycles. The highest BCUT2D eigenvalue weighted by Crippen LogP contribution is 2.67. The first-order chi connectivity index (χ1) is 15.5. The van der Waals surface area contributed by atoms with Crippen LogP contribution in [0.25, 0.3) is 0 Å². The fourth-order valence-corrected chi connectivity index (χ4v) is 10.1. The Hall–Kier alpha value is -0.343. The van der Waals surface area contributed by atoms with E-state index in [1.807, 2.05) is 0 Å². The van der Waals surface area contributed by atoms with E-state index in [2.05, 4.69) is 72.9 Å². The van der Waals surface area contributed by atoms with Crippen molar-refractivity contribution in [2.75, 3.05) is 0 Å². The van der Waals surface area contributed by atoms with Crippen molar-refractivity contribution in [2.24, 2.45) is 46.3 Å². The summed E-state index contributed by atoms with van der Waals surface area (Å²) in [5.74, 6) is 5.18. The van der Waals surface area contributed by atoms with Gasteiger partial charge in [-0.25, -0.2) is 0 Å². The van der Waals surface area contributed by atoms with Gasteiger partial charge < -0.3 is 4.43 Å². The summed E-state index contributed by atoms with van der Waals surface area (Å²) in [7, 11) is -1.48. The zero-order valence-corrected chi connectivity index (χ0v) is 24.3. The molecule has 0 saturated heterocycles. The van der Waals surface area contributed by atoms with Gasteiger partial charge in [-0.1, -0.05) is 65.3 Å². The van der Waals surface area contributed by atoms with Gasteiger partial charge in [0.15, 0.2) is 8.32 Å². The summed E-state index contributed by atoms with van der Waals surface area (Å²) in [4.78, 5) is 0. The van der Waals surface area contributed by atoms with Gasteiger partial charge in [-0.2, -0.15) is 0 Å². The van der Waals surface area contributed by atoms with E-state index in [-0.39, 0.29) is 0 Å². The van der Waals surface area contributed by atoms with E-state index in [4.69, 9.17) is 4.43 Å². The zero-order chi connectivity index (χ0) is 24.0. The van der Waals surface area contributed by atoms with Crippen LogP contribution in [0.15, 0.2) is 23.8 Å². The summed E-state index contributed by atoms with van der Waals surface area (Å²) in [6.45, 7) is 19.7. The second-order valence-electron chi connectivity index (χ2n) is 14.0. The van der Waals surface area contributed by atoms with Crippen LogP contribution in [0.5, 0.6) is 0 Å². The number of hydrogen-bond acceptors (Lipinski definition) is 1. The lowest BCUT2D eigenvalue weighted by atomic mass is 9.47. The molecule has 0 amide bonds. The van der Waals surface area contributed by atoms with Gasteiger partial charge in [0.1, 0.15) is 0 Å². The fourth-order valence-electron chi connectivity index (χ4n) is 8.87. The molecule has 0 unspecified atom stereocenters. The molecular formula is C31H54OSi. The topological polar surface area (TPSA) is 9.23 Å². The Bertz CT molecular complexity index is 750. The third-order valence-corrected chi connectivity index (χ3v) is 13.8. The molecule has 0 heterocycles. The zero-order valence-electron chi connectivity index (χ0n) is 23.3. The number of allylic oxidation sites excluding steroid dienone is 3. The first-order valence-corrected chi connectivity index (χ1v) is 17.7. The Balaban J connectivity index is 1.48. The molecule has 0 bridgehead atoms. The van der Waals surface area contributed by atoms with Crippen molar-refractivity contribution in [3.63, 3.8) is 0 Å². The summed E-state index contributed by atoms with van der Waals surface area (Å²) in [6.07, 6.45) is 20.6. The minimum atomic E-state index is -1.48. The van der Waals surface area contributed by atoms with Gasteiger partial charge in [0, 0.05) is 6.10 Å². The molecule has 4 aliphatic carbocycles. The van der Waals surface area contributed by atoms with Crippen molar-refractivity contribution in [3.05, 3.63) is 23.8 Å². The molecule has 0 N–H and O–H groups in total. The lowest BCUT2D eigenvalue weighted by Gasteiger charge is -2.58. The van der Waals surface area contributed by atoms with Crippen LogP contribution in [0.4, 0.5) is 0 Å². The molecule has 0 aromatic heterocycles. The van der Waals surface area contributed by atoms with E-state index in [0.717, 1.165) is 35.5 Å². The number of rotatable bonds is 7. The molecule has 0 aliphatic heterocycles. The molecule has 1 nitrogen and oxygen atoms in total. The van der Waals surface area contributed by atoms with Crippen molar-refractivity contribution in [1.29, 1.82) is 0 Å². The van der Waals surface area contributed by atoms with E-state index in [1.165, 1.54) is 63.8 Å². The maximum absolute atomic E-state index is 6.72. The van der Waals surface area contributed by atoms with Crippen LogP contribution in [-0.4, -0.2) is 14.4 Å². The molecule has 4 rings (SSSR count). The van der Waals surface area contributed by atoms with Crippen molar-refractivity contribution >= 4 is 8.32 Å². The first kappa shape index (κ1) is 25.7. The predicted molar refractivity (Wildman–Crippen MR) is 146 cm³/mol. The third-order valence-electron chi connectivity index (χ3n) is 11.2. The average Bonchev–Trinajstić information content (AvgIpc) is 3.11.